The van der Waals surface area contributed by atoms with E-state index in [2.05, 4.69) is 21.2 Å². The van der Waals surface area contributed by atoms with Crippen molar-refractivity contribution in [3.05, 3.63) is 33.8 Å². The summed E-state index contributed by atoms with van der Waals surface area (Å²) < 4.78 is 1.03. The zero-order valence-electron chi connectivity index (χ0n) is 8.43. The van der Waals surface area contributed by atoms with Crippen LogP contribution in [0.3, 0.4) is 0 Å². The number of halogens is 1. The molecule has 1 N–H and O–H groups in total. The lowest BCUT2D eigenvalue weighted by Gasteiger charge is -2.05. The predicted molar refractivity (Wildman–Crippen MR) is 61.5 cm³/mol. The minimum Gasteiger partial charge on any atom is -0.352 e. The molecule has 0 saturated carbocycles. The van der Waals surface area contributed by atoms with Gasteiger partial charge in [0.1, 0.15) is 0 Å². The van der Waals surface area contributed by atoms with Gasteiger partial charge in [0, 0.05) is 16.6 Å². The summed E-state index contributed by atoms with van der Waals surface area (Å²) in [5.74, 6) is 0.00227. The molecule has 0 bridgehead atoms. The van der Waals surface area contributed by atoms with Crippen molar-refractivity contribution in [2.24, 2.45) is 0 Å². The standard InChI is InChI=1S/C11H14BrNO/c1-3-6-13-11(14)9-4-5-10(12)8(2)7-9/h4-5,7H,3,6H2,1-2H3,(H,13,14). The highest BCUT2D eigenvalue weighted by molar-refractivity contribution is 9.10. The number of carbonyl (C=O) groups is 1. The fourth-order valence-electron chi connectivity index (χ4n) is 1.13. The van der Waals surface area contributed by atoms with Gasteiger partial charge in [0.2, 0.25) is 0 Å². The molecule has 1 aromatic carbocycles. The van der Waals surface area contributed by atoms with E-state index in [0.29, 0.717) is 0 Å². The largest absolute Gasteiger partial charge is 0.352 e. The molecule has 0 spiro atoms. The van der Waals surface area contributed by atoms with Gasteiger partial charge in [-0.1, -0.05) is 22.9 Å². The Morgan fingerprint density at radius 2 is 2.21 bits per heavy atom. The molecule has 0 fully saturated rings. The molecular weight excluding hydrogens is 242 g/mol. The van der Waals surface area contributed by atoms with Crippen molar-refractivity contribution in [3.63, 3.8) is 0 Å². The Labute approximate surface area is 92.8 Å². The van der Waals surface area contributed by atoms with Gasteiger partial charge in [0.15, 0.2) is 0 Å². The molecule has 0 aromatic heterocycles. The number of benzene rings is 1. The van der Waals surface area contributed by atoms with E-state index >= 15 is 0 Å². The second-order valence-electron chi connectivity index (χ2n) is 3.22. The number of hydrogen-bond donors (Lipinski definition) is 1. The lowest BCUT2D eigenvalue weighted by Crippen LogP contribution is -2.23. The average Bonchev–Trinajstić information content (AvgIpc) is 2.18. The second-order valence-corrected chi connectivity index (χ2v) is 4.07. The summed E-state index contributed by atoms with van der Waals surface area (Å²) in [6.07, 6.45) is 0.960. The molecule has 76 valence electrons. The number of carbonyl (C=O) groups excluding carboxylic acids is 1. The molecule has 2 nitrogen and oxygen atoms in total. The van der Waals surface area contributed by atoms with Crippen LogP contribution in [0, 0.1) is 6.92 Å². The van der Waals surface area contributed by atoms with Gasteiger partial charge in [0.05, 0.1) is 0 Å². The Bertz CT molecular complexity index is 336. The van der Waals surface area contributed by atoms with Crippen molar-refractivity contribution < 1.29 is 4.79 Å². The molecule has 0 saturated heterocycles. The molecule has 0 aliphatic carbocycles. The summed E-state index contributed by atoms with van der Waals surface area (Å²) in [6.45, 7) is 4.74. The van der Waals surface area contributed by atoms with Gasteiger partial charge in [-0.15, -0.1) is 0 Å². The van der Waals surface area contributed by atoms with E-state index in [1.807, 2.05) is 32.0 Å². The Balaban J connectivity index is 2.76. The first-order valence-corrected chi connectivity index (χ1v) is 5.48. The van der Waals surface area contributed by atoms with E-state index in [0.717, 1.165) is 28.6 Å². The van der Waals surface area contributed by atoms with Crippen molar-refractivity contribution in [2.75, 3.05) is 6.54 Å². The molecule has 0 unspecified atom stereocenters. The Morgan fingerprint density at radius 3 is 2.79 bits per heavy atom. The van der Waals surface area contributed by atoms with E-state index in [1.165, 1.54) is 0 Å². The first kappa shape index (κ1) is 11.2. The van der Waals surface area contributed by atoms with Gasteiger partial charge < -0.3 is 5.32 Å². The SMILES string of the molecule is CCCNC(=O)c1ccc(Br)c(C)c1. The van der Waals surface area contributed by atoms with Gasteiger partial charge in [0.25, 0.3) is 5.91 Å². The maximum Gasteiger partial charge on any atom is 0.251 e. The Morgan fingerprint density at radius 1 is 1.50 bits per heavy atom. The van der Waals surface area contributed by atoms with Gasteiger partial charge in [-0.05, 0) is 37.1 Å². The van der Waals surface area contributed by atoms with Crippen molar-refractivity contribution in [1.29, 1.82) is 0 Å². The van der Waals surface area contributed by atoms with Gasteiger partial charge in [-0.25, -0.2) is 0 Å². The smallest absolute Gasteiger partial charge is 0.251 e. The van der Waals surface area contributed by atoms with E-state index < -0.39 is 0 Å². The highest BCUT2D eigenvalue weighted by Crippen LogP contribution is 2.16. The molecule has 14 heavy (non-hydrogen) atoms. The Hall–Kier alpha value is -0.830. The van der Waals surface area contributed by atoms with Crippen LogP contribution < -0.4 is 5.32 Å². The summed E-state index contributed by atoms with van der Waals surface area (Å²) in [7, 11) is 0. The van der Waals surface area contributed by atoms with Crippen LogP contribution in [0.4, 0.5) is 0 Å². The summed E-state index contributed by atoms with van der Waals surface area (Å²) >= 11 is 3.40. The van der Waals surface area contributed by atoms with E-state index in [-0.39, 0.29) is 5.91 Å². The number of rotatable bonds is 3. The Kier molecular flexibility index (Phi) is 4.14. The van der Waals surface area contributed by atoms with Crippen molar-refractivity contribution in [1.82, 2.24) is 5.32 Å². The highest BCUT2D eigenvalue weighted by Gasteiger charge is 2.05. The number of amides is 1. The third kappa shape index (κ3) is 2.84. The normalized spacial score (nSPS) is 9.93. The van der Waals surface area contributed by atoms with Crippen LogP contribution >= 0.6 is 15.9 Å². The van der Waals surface area contributed by atoms with Crippen LogP contribution in [-0.2, 0) is 0 Å². The molecule has 1 rings (SSSR count). The third-order valence-electron chi connectivity index (χ3n) is 1.96. The quantitative estimate of drug-likeness (QED) is 0.885. The topological polar surface area (TPSA) is 29.1 Å². The fourth-order valence-corrected chi connectivity index (χ4v) is 1.37. The molecule has 0 aliphatic heterocycles. The minimum atomic E-state index is 0.00227. The molecule has 0 radical (unpaired) electrons. The van der Waals surface area contributed by atoms with Crippen LogP contribution in [-0.4, -0.2) is 12.5 Å². The maximum atomic E-state index is 11.5. The van der Waals surface area contributed by atoms with Gasteiger partial charge in [-0.2, -0.15) is 0 Å². The molecule has 3 heteroatoms. The van der Waals surface area contributed by atoms with Crippen LogP contribution in [0.5, 0.6) is 0 Å². The van der Waals surface area contributed by atoms with Gasteiger partial charge >= 0.3 is 0 Å². The second kappa shape index (κ2) is 5.15. The molecule has 0 heterocycles. The van der Waals surface area contributed by atoms with Crippen molar-refractivity contribution >= 4 is 21.8 Å². The number of nitrogens with one attached hydrogen (secondary N) is 1. The van der Waals surface area contributed by atoms with Crippen LogP contribution in [0.15, 0.2) is 22.7 Å². The summed E-state index contributed by atoms with van der Waals surface area (Å²) in [5.41, 5.74) is 1.80. The van der Waals surface area contributed by atoms with Crippen LogP contribution in [0.2, 0.25) is 0 Å². The van der Waals surface area contributed by atoms with Crippen LogP contribution in [0.25, 0.3) is 0 Å². The predicted octanol–water partition coefficient (Wildman–Crippen LogP) is 2.90. The lowest BCUT2D eigenvalue weighted by molar-refractivity contribution is 0.0953. The number of aryl methyl sites for hydroxylation is 1. The fraction of sp³-hybridized carbons (Fsp3) is 0.364. The summed E-state index contributed by atoms with van der Waals surface area (Å²) in [5, 5.41) is 2.84. The maximum absolute atomic E-state index is 11.5. The van der Waals surface area contributed by atoms with Crippen LogP contribution in [0.1, 0.15) is 29.3 Å². The van der Waals surface area contributed by atoms with E-state index in [4.69, 9.17) is 0 Å². The molecule has 1 aromatic rings. The van der Waals surface area contributed by atoms with E-state index in [9.17, 15) is 4.79 Å². The molecule has 0 atom stereocenters. The zero-order chi connectivity index (χ0) is 10.6. The van der Waals surface area contributed by atoms with Crippen molar-refractivity contribution in [2.45, 2.75) is 20.3 Å². The first-order valence-electron chi connectivity index (χ1n) is 4.69. The van der Waals surface area contributed by atoms with Crippen molar-refractivity contribution in [3.8, 4) is 0 Å². The molecule has 1 amide bonds. The average molecular weight is 256 g/mol. The minimum absolute atomic E-state index is 0.00227. The summed E-state index contributed by atoms with van der Waals surface area (Å²) in [6, 6.07) is 5.60. The third-order valence-corrected chi connectivity index (χ3v) is 2.85. The molecule has 0 aliphatic rings. The number of hydrogen-bond acceptors (Lipinski definition) is 1. The zero-order valence-corrected chi connectivity index (χ0v) is 10.0. The molecular formula is C11H14BrNO. The van der Waals surface area contributed by atoms with E-state index in [1.54, 1.807) is 0 Å². The lowest BCUT2D eigenvalue weighted by atomic mass is 10.1. The summed E-state index contributed by atoms with van der Waals surface area (Å²) in [4.78, 5) is 11.5. The highest BCUT2D eigenvalue weighted by atomic mass is 79.9. The monoisotopic (exact) mass is 255 g/mol. The van der Waals surface area contributed by atoms with Gasteiger partial charge in [-0.3, -0.25) is 4.79 Å². The first-order chi connectivity index (χ1) is 6.65.